The zero-order valence-corrected chi connectivity index (χ0v) is 14.0. The highest BCUT2D eigenvalue weighted by Gasteiger charge is 2.19. The molecule has 0 bridgehead atoms. The molecule has 0 aliphatic heterocycles. The van der Waals surface area contributed by atoms with E-state index >= 15 is 0 Å². The lowest BCUT2D eigenvalue weighted by molar-refractivity contribution is 0.0779. The van der Waals surface area contributed by atoms with Crippen LogP contribution in [0.4, 0.5) is 5.82 Å². The second-order valence-corrected chi connectivity index (χ2v) is 6.24. The first-order chi connectivity index (χ1) is 11.5. The quantitative estimate of drug-likeness (QED) is 0.771. The SMILES string of the molecule is CN(Cc1cccs1)C(=O)c1cc(NC(=O)c2ccco2)n(C)n1. The normalized spacial score (nSPS) is 10.6. The van der Waals surface area contributed by atoms with Crippen LogP contribution >= 0.6 is 11.3 Å². The summed E-state index contributed by atoms with van der Waals surface area (Å²) in [5.41, 5.74) is 0.270. The molecule has 124 valence electrons. The van der Waals surface area contributed by atoms with E-state index < -0.39 is 5.91 Å². The number of aromatic nitrogens is 2. The molecule has 3 aromatic rings. The largest absolute Gasteiger partial charge is 0.459 e. The van der Waals surface area contributed by atoms with Gasteiger partial charge in [-0.05, 0) is 23.6 Å². The summed E-state index contributed by atoms with van der Waals surface area (Å²) in [5, 5.41) is 8.82. The highest BCUT2D eigenvalue weighted by Crippen LogP contribution is 2.16. The second-order valence-electron chi connectivity index (χ2n) is 5.21. The van der Waals surface area contributed by atoms with Gasteiger partial charge in [-0.25, -0.2) is 0 Å². The summed E-state index contributed by atoms with van der Waals surface area (Å²) < 4.78 is 6.49. The van der Waals surface area contributed by atoms with Crippen molar-refractivity contribution in [3.05, 3.63) is 58.3 Å². The molecule has 0 spiro atoms. The molecule has 0 aliphatic rings. The Morgan fingerprint density at radius 2 is 2.21 bits per heavy atom. The first kappa shape index (κ1) is 16.0. The van der Waals surface area contributed by atoms with E-state index in [4.69, 9.17) is 4.42 Å². The number of carbonyl (C=O) groups excluding carboxylic acids is 2. The third-order valence-corrected chi connectivity index (χ3v) is 4.27. The Morgan fingerprint density at radius 3 is 2.88 bits per heavy atom. The van der Waals surface area contributed by atoms with Gasteiger partial charge in [0.1, 0.15) is 5.82 Å². The summed E-state index contributed by atoms with van der Waals surface area (Å²) in [6.07, 6.45) is 1.42. The van der Waals surface area contributed by atoms with Crippen molar-refractivity contribution in [2.45, 2.75) is 6.54 Å². The lowest BCUT2D eigenvalue weighted by Crippen LogP contribution is -2.26. The maximum atomic E-state index is 12.5. The number of nitrogens with one attached hydrogen (secondary N) is 1. The lowest BCUT2D eigenvalue weighted by Gasteiger charge is -2.14. The van der Waals surface area contributed by atoms with Crippen LogP contribution in [0, 0.1) is 0 Å². The predicted molar refractivity (Wildman–Crippen MR) is 90.0 cm³/mol. The van der Waals surface area contributed by atoms with Gasteiger partial charge in [0.05, 0.1) is 12.8 Å². The fourth-order valence-electron chi connectivity index (χ4n) is 2.18. The number of aryl methyl sites for hydroxylation is 1. The fraction of sp³-hybridized carbons (Fsp3) is 0.188. The Balaban J connectivity index is 1.71. The second kappa shape index (κ2) is 6.71. The van der Waals surface area contributed by atoms with Crippen molar-refractivity contribution in [1.29, 1.82) is 0 Å². The van der Waals surface area contributed by atoms with Crippen LogP contribution in [-0.4, -0.2) is 33.5 Å². The molecule has 0 saturated carbocycles. The molecule has 3 rings (SSSR count). The molecule has 0 radical (unpaired) electrons. The number of furan rings is 1. The number of amides is 2. The summed E-state index contributed by atoms with van der Waals surface area (Å²) in [6.45, 7) is 0.515. The molecule has 2 amide bonds. The topological polar surface area (TPSA) is 80.4 Å². The predicted octanol–water partition coefficient (Wildman–Crippen LogP) is 2.60. The minimum atomic E-state index is -0.395. The van der Waals surface area contributed by atoms with Gasteiger partial charge in [-0.3, -0.25) is 14.3 Å². The van der Waals surface area contributed by atoms with Crippen LogP contribution in [0.15, 0.2) is 46.4 Å². The van der Waals surface area contributed by atoms with Crippen molar-refractivity contribution in [2.24, 2.45) is 7.05 Å². The smallest absolute Gasteiger partial charge is 0.292 e. The Hall–Kier alpha value is -2.87. The van der Waals surface area contributed by atoms with Gasteiger partial charge in [-0.2, -0.15) is 5.10 Å². The monoisotopic (exact) mass is 344 g/mol. The fourth-order valence-corrected chi connectivity index (χ4v) is 2.94. The van der Waals surface area contributed by atoms with Crippen molar-refractivity contribution < 1.29 is 14.0 Å². The number of thiophene rings is 1. The summed E-state index contributed by atoms with van der Waals surface area (Å²) in [6, 6.07) is 8.66. The average Bonchev–Trinajstić information content (AvgIpc) is 3.29. The molecule has 3 heterocycles. The van der Waals surface area contributed by atoms with E-state index in [-0.39, 0.29) is 17.4 Å². The molecular formula is C16H16N4O3S. The van der Waals surface area contributed by atoms with Gasteiger partial charge >= 0.3 is 0 Å². The van der Waals surface area contributed by atoms with Gasteiger partial charge < -0.3 is 14.6 Å². The van der Waals surface area contributed by atoms with Crippen LogP contribution in [0.25, 0.3) is 0 Å². The van der Waals surface area contributed by atoms with Crippen molar-refractivity contribution in [1.82, 2.24) is 14.7 Å². The van der Waals surface area contributed by atoms with Crippen molar-refractivity contribution >= 4 is 29.0 Å². The molecular weight excluding hydrogens is 328 g/mol. The van der Waals surface area contributed by atoms with Crippen LogP contribution in [0.2, 0.25) is 0 Å². The maximum absolute atomic E-state index is 12.5. The van der Waals surface area contributed by atoms with Gasteiger partial charge in [0.25, 0.3) is 11.8 Å². The Labute approximate surface area is 142 Å². The van der Waals surface area contributed by atoms with Gasteiger partial charge in [0.2, 0.25) is 0 Å². The van der Waals surface area contributed by atoms with Gasteiger partial charge in [-0.15, -0.1) is 11.3 Å². The number of hydrogen-bond donors (Lipinski definition) is 1. The van der Waals surface area contributed by atoms with E-state index in [0.29, 0.717) is 12.4 Å². The van der Waals surface area contributed by atoms with E-state index in [1.54, 1.807) is 48.5 Å². The highest BCUT2D eigenvalue weighted by atomic mass is 32.1. The minimum Gasteiger partial charge on any atom is -0.459 e. The molecule has 0 unspecified atom stereocenters. The molecule has 0 aromatic carbocycles. The first-order valence-electron chi connectivity index (χ1n) is 7.21. The maximum Gasteiger partial charge on any atom is 0.292 e. The average molecular weight is 344 g/mol. The number of nitrogens with zero attached hydrogens (tertiary/aromatic N) is 3. The van der Waals surface area contributed by atoms with E-state index in [1.165, 1.54) is 10.9 Å². The Kier molecular flexibility index (Phi) is 4.48. The molecule has 24 heavy (non-hydrogen) atoms. The summed E-state index contributed by atoms with van der Waals surface area (Å²) in [4.78, 5) is 27.2. The van der Waals surface area contributed by atoms with Gasteiger partial charge in [0.15, 0.2) is 11.5 Å². The van der Waals surface area contributed by atoms with Crippen LogP contribution < -0.4 is 5.32 Å². The number of carbonyl (C=O) groups is 2. The van der Waals surface area contributed by atoms with Crippen LogP contribution in [0.3, 0.4) is 0 Å². The molecule has 0 aliphatic carbocycles. The van der Waals surface area contributed by atoms with Gasteiger partial charge in [0, 0.05) is 25.0 Å². The Morgan fingerprint density at radius 1 is 1.38 bits per heavy atom. The van der Waals surface area contributed by atoms with Crippen molar-refractivity contribution in [3.8, 4) is 0 Å². The minimum absolute atomic E-state index is 0.193. The molecule has 0 fully saturated rings. The third-order valence-electron chi connectivity index (χ3n) is 3.41. The Bertz CT molecular complexity index is 837. The molecule has 7 nitrogen and oxygen atoms in total. The van der Waals surface area contributed by atoms with Crippen LogP contribution in [0.1, 0.15) is 25.9 Å². The molecule has 8 heteroatoms. The molecule has 1 N–H and O–H groups in total. The number of anilines is 1. The summed E-state index contributed by atoms with van der Waals surface area (Å²) >= 11 is 1.59. The zero-order chi connectivity index (χ0) is 17.1. The summed E-state index contributed by atoms with van der Waals surface area (Å²) in [5.74, 6) is 0.00889. The molecule has 0 atom stereocenters. The third kappa shape index (κ3) is 3.38. The van der Waals surface area contributed by atoms with Gasteiger partial charge in [-0.1, -0.05) is 6.07 Å². The first-order valence-corrected chi connectivity index (χ1v) is 8.09. The van der Waals surface area contributed by atoms with Crippen molar-refractivity contribution in [2.75, 3.05) is 12.4 Å². The van der Waals surface area contributed by atoms with E-state index in [1.807, 2.05) is 17.5 Å². The lowest BCUT2D eigenvalue weighted by atomic mass is 10.3. The van der Waals surface area contributed by atoms with Crippen molar-refractivity contribution in [3.63, 3.8) is 0 Å². The number of hydrogen-bond acceptors (Lipinski definition) is 5. The van der Waals surface area contributed by atoms with E-state index in [2.05, 4.69) is 10.4 Å². The molecule has 0 saturated heterocycles. The van der Waals surface area contributed by atoms with E-state index in [9.17, 15) is 9.59 Å². The zero-order valence-electron chi connectivity index (χ0n) is 13.2. The summed E-state index contributed by atoms with van der Waals surface area (Å²) in [7, 11) is 3.38. The van der Waals surface area contributed by atoms with E-state index in [0.717, 1.165) is 4.88 Å². The molecule has 3 aromatic heterocycles. The van der Waals surface area contributed by atoms with Crippen LogP contribution in [0.5, 0.6) is 0 Å². The highest BCUT2D eigenvalue weighted by molar-refractivity contribution is 7.09. The number of rotatable bonds is 5. The standard InChI is InChI=1S/C16H16N4O3S/c1-19(10-11-5-4-8-24-11)16(22)12-9-14(20(2)18-12)17-15(21)13-6-3-7-23-13/h3-9H,10H2,1-2H3,(H,17,21). The van der Waals surface area contributed by atoms with Crippen LogP contribution in [-0.2, 0) is 13.6 Å².